The van der Waals surface area contributed by atoms with Crippen LogP contribution in [0.3, 0.4) is 0 Å². The van der Waals surface area contributed by atoms with Gasteiger partial charge in [0.2, 0.25) is 0 Å². The number of aryl methyl sites for hydroxylation is 1. The minimum atomic E-state index is 0. The molecule has 2 aromatic heterocycles. The van der Waals surface area contributed by atoms with E-state index in [1.807, 2.05) is 22.6 Å². The summed E-state index contributed by atoms with van der Waals surface area (Å²) in [6.45, 7) is 10.9. The third-order valence-corrected chi connectivity index (χ3v) is 4.61. The number of nitrogens with zero attached hydrogens (tertiary/aromatic N) is 4. The fourth-order valence-corrected chi connectivity index (χ4v) is 3.45. The summed E-state index contributed by atoms with van der Waals surface area (Å²) in [6.07, 6.45) is 3.76. The van der Waals surface area contributed by atoms with Crippen LogP contribution in [-0.2, 0) is 0 Å². The van der Waals surface area contributed by atoms with E-state index in [-0.39, 0.29) is 42.8 Å². The van der Waals surface area contributed by atoms with Crippen molar-refractivity contribution in [3.63, 3.8) is 0 Å². The summed E-state index contributed by atoms with van der Waals surface area (Å²) < 4.78 is 1.89. The molecule has 0 saturated carbocycles. The summed E-state index contributed by atoms with van der Waals surface area (Å²) in [4.78, 5) is 19.9. The van der Waals surface area contributed by atoms with E-state index in [0.717, 1.165) is 54.8 Å². The van der Waals surface area contributed by atoms with Gasteiger partial charge in [-0.2, -0.15) is 5.10 Å². The molecule has 1 aliphatic heterocycles. The maximum Gasteiger partial charge on any atom is 0.255 e. The molecule has 0 aromatic carbocycles. The Morgan fingerprint density at radius 1 is 1.42 bits per heavy atom. The van der Waals surface area contributed by atoms with Gasteiger partial charge in [0.1, 0.15) is 0 Å². The van der Waals surface area contributed by atoms with E-state index in [9.17, 15) is 4.79 Å². The minimum absolute atomic E-state index is 0. The summed E-state index contributed by atoms with van der Waals surface area (Å²) >= 11 is 0. The molecule has 146 valence electrons. The van der Waals surface area contributed by atoms with E-state index < -0.39 is 0 Å². The molecule has 8 heteroatoms. The van der Waals surface area contributed by atoms with Gasteiger partial charge in [0.15, 0.2) is 5.65 Å². The van der Waals surface area contributed by atoms with Crippen LogP contribution in [0.1, 0.15) is 55.7 Å². The Hall–Kier alpha value is -1.37. The molecule has 1 unspecified atom stereocenters. The molecule has 0 bridgehead atoms. The van der Waals surface area contributed by atoms with Crippen LogP contribution in [0.4, 0.5) is 0 Å². The standard InChI is InChI=1S/C18H27N5O.2ClH/c1-5-8-22(14-6-7-19-10-14)18(24)15-9-13(4)21-17-16(15)11-20-23(17)12(2)3;;/h9,11-12,14,19H,5-8,10H2,1-4H3;2*1H. The Bertz CT molecular complexity index is 741. The molecule has 0 spiro atoms. The van der Waals surface area contributed by atoms with E-state index in [0.29, 0.717) is 0 Å². The highest BCUT2D eigenvalue weighted by Crippen LogP contribution is 2.24. The van der Waals surface area contributed by atoms with Crippen LogP contribution in [0.5, 0.6) is 0 Å². The van der Waals surface area contributed by atoms with Crippen LogP contribution in [0.25, 0.3) is 11.0 Å². The summed E-state index contributed by atoms with van der Waals surface area (Å²) in [6, 6.07) is 2.40. The van der Waals surface area contributed by atoms with E-state index in [1.165, 1.54) is 0 Å². The lowest BCUT2D eigenvalue weighted by Gasteiger charge is -2.28. The molecule has 3 rings (SSSR count). The largest absolute Gasteiger partial charge is 0.334 e. The lowest BCUT2D eigenvalue weighted by molar-refractivity contribution is 0.0694. The second kappa shape index (κ2) is 9.53. The molecule has 1 amide bonds. The first-order valence-electron chi connectivity index (χ1n) is 8.89. The van der Waals surface area contributed by atoms with Crippen LogP contribution in [-0.4, -0.2) is 51.2 Å². The first kappa shape index (κ1) is 22.7. The average molecular weight is 402 g/mol. The van der Waals surface area contributed by atoms with Gasteiger partial charge in [-0.1, -0.05) is 6.92 Å². The highest BCUT2D eigenvalue weighted by molar-refractivity contribution is 6.05. The van der Waals surface area contributed by atoms with Gasteiger partial charge >= 0.3 is 0 Å². The Morgan fingerprint density at radius 2 is 2.15 bits per heavy atom. The normalized spacial score (nSPS) is 16.4. The number of carbonyl (C=O) groups is 1. The van der Waals surface area contributed by atoms with E-state index in [4.69, 9.17) is 0 Å². The van der Waals surface area contributed by atoms with Gasteiger partial charge in [-0.05, 0) is 46.2 Å². The second-order valence-corrected chi connectivity index (χ2v) is 6.88. The number of nitrogens with one attached hydrogen (secondary N) is 1. The van der Waals surface area contributed by atoms with E-state index in [1.54, 1.807) is 6.20 Å². The van der Waals surface area contributed by atoms with Crippen LogP contribution in [0.2, 0.25) is 0 Å². The molecule has 0 radical (unpaired) electrons. The summed E-state index contributed by atoms with van der Waals surface area (Å²) in [7, 11) is 0. The zero-order valence-electron chi connectivity index (χ0n) is 15.9. The SMILES string of the molecule is CCCN(C(=O)c1cc(C)nc2c1cnn2C(C)C)C1CCNC1.Cl.Cl. The fourth-order valence-electron chi connectivity index (χ4n) is 3.45. The summed E-state index contributed by atoms with van der Waals surface area (Å²) in [5.41, 5.74) is 2.38. The van der Waals surface area contributed by atoms with Crippen LogP contribution >= 0.6 is 24.8 Å². The quantitative estimate of drug-likeness (QED) is 0.833. The number of halogens is 2. The third-order valence-electron chi connectivity index (χ3n) is 4.61. The van der Waals surface area contributed by atoms with Crippen molar-refractivity contribution in [2.45, 2.75) is 52.6 Å². The average Bonchev–Trinajstić information content (AvgIpc) is 3.20. The molecule has 1 aliphatic rings. The number of fused-ring (bicyclic) bond motifs is 1. The van der Waals surface area contributed by atoms with Crippen LogP contribution in [0.15, 0.2) is 12.3 Å². The molecule has 3 heterocycles. The van der Waals surface area contributed by atoms with Gasteiger partial charge in [0, 0.05) is 30.9 Å². The molecule has 1 saturated heterocycles. The predicted molar refractivity (Wildman–Crippen MR) is 110 cm³/mol. The van der Waals surface area contributed by atoms with Crippen molar-refractivity contribution in [2.75, 3.05) is 19.6 Å². The number of rotatable bonds is 5. The molecule has 0 aliphatic carbocycles. The number of pyridine rings is 1. The monoisotopic (exact) mass is 401 g/mol. The number of aromatic nitrogens is 3. The molecular weight excluding hydrogens is 373 g/mol. The van der Waals surface area contributed by atoms with Crippen molar-refractivity contribution in [1.29, 1.82) is 0 Å². The minimum Gasteiger partial charge on any atom is -0.334 e. The first-order valence-corrected chi connectivity index (χ1v) is 8.89. The van der Waals surface area contributed by atoms with Gasteiger partial charge in [0.05, 0.1) is 17.1 Å². The van der Waals surface area contributed by atoms with Crippen molar-refractivity contribution < 1.29 is 4.79 Å². The molecule has 2 aromatic rings. The Morgan fingerprint density at radius 3 is 2.73 bits per heavy atom. The Balaban J connectivity index is 0.00000169. The first-order chi connectivity index (χ1) is 11.5. The van der Waals surface area contributed by atoms with Gasteiger partial charge in [-0.3, -0.25) is 4.79 Å². The van der Waals surface area contributed by atoms with Crippen molar-refractivity contribution >= 4 is 41.8 Å². The Labute approximate surface area is 167 Å². The van der Waals surface area contributed by atoms with Crippen molar-refractivity contribution in [1.82, 2.24) is 25.0 Å². The fraction of sp³-hybridized carbons (Fsp3) is 0.611. The summed E-state index contributed by atoms with van der Waals surface area (Å²) in [5.74, 6) is 0.101. The van der Waals surface area contributed by atoms with Gasteiger partial charge in [-0.15, -0.1) is 24.8 Å². The maximum absolute atomic E-state index is 13.3. The molecule has 6 nitrogen and oxygen atoms in total. The van der Waals surface area contributed by atoms with Gasteiger partial charge in [-0.25, -0.2) is 9.67 Å². The predicted octanol–water partition coefficient (Wildman–Crippen LogP) is 3.38. The van der Waals surface area contributed by atoms with E-state index in [2.05, 4.69) is 36.2 Å². The number of amides is 1. The van der Waals surface area contributed by atoms with Crippen LogP contribution in [0, 0.1) is 6.92 Å². The van der Waals surface area contributed by atoms with Gasteiger partial charge < -0.3 is 10.2 Å². The van der Waals surface area contributed by atoms with Gasteiger partial charge in [0.25, 0.3) is 5.91 Å². The topological polar surface area (TPSA) is 63.1 Å². The lowest BCUT2D eigenvalue weighted by Crippen LogP contribution is -2.42. The van der Waals surface area contributed by atoms with Crippen LogP contribution < -0.4 is 5.32 Å². The molecular formula is C18H29Cl2N5O. The third kappa shape index (κ3) is 4.30. The maximum atomic E-state index is 13.3. The molecule has 1 fully saturated rings. The Kier molecular flexibility index (Phi) is 8.31. The number of hydrogen-bond donors (Lipinski definition) is 1. The molecule has 1 N–H and O–H groups in total. The number of carbonyl (C=O) groups excluding carboxylic acids is 1. The van der Waals surface area contributed by atoms with Crippen molar-refractivity contribution in [3.8, 4) is 0 Å². The highest BCUT2D eigenvalue weighted by atomic mass is 35.5. The lowest BCUT2D eigenvalue weighted by atomic mass is 10.1. The smallest absolute Gasteiger partial charge is 0.255 e. The molecule has 26 heavy (non-hydrogen) atoms. The summed E-state index contributed by atoms with van der Waals surface area (Å²) in [5, 5.41) is 8.67. The zero-order chi connectivity index (χ0) is 17.3. The van der Waals surface area contributed by atoms with E-state index >= 15 is 0 Å². The van der Waals surface area contributed by atoms with Crippen molar-refractivity contribution in [2.24, 2.45) is 0 Å². The second-order valence-electron chi connectivity index (χ2n) is 6.88. The highest BCUT2D eigenvalue weighted by Gasteiger charge is 2.28. The number of hydrogen-bond acceptors (Lipinski definition) is 4. The zero-order valence-corrected chi connectivity index (χ0v) is 17.5. The van der Waals surface area contributed by atoms with Crippen molar-refractivity contribution in [3.05, 3.63) is 23.5 Å². The molecule has 1 atom stereocenters.